The Kier molecular flexibility index (Phi) is 6.58. The average Bonchev–Trinajstić information content (AvgIpc) is 3.13. The molecule has 1 aromatic heterocycles. The largest absolute Gasteiger partial charge is 0.380 e. The van der Waals surface area contributed by atoms with Gasteiger partial charge in [0, 0.05) is 37.0 Å². The zero-order valence-electron chi connectivity index (χ0n) is 15.6. The summed E-state index contributed by atoms with van der Waals surface area (Å²) in [6.07, 6.45) is 3.16. The van der Waals surface area contributed by atoms with E-state index >= 15 is 0 Å². The van der Waals surface area contributed by atoms with Gasteiger partial charge in [-0.3, -0.25) is 0 Å². The van der Waals surface area contributed by atoms with Crippen molar-refractivity contribution in [2.75, 3.05) is 19.8 Å². The average molecular weight is 349 g/mol. The molecule has 4 heteroatoms. The molecule has 0 fully saturated rings. The van der Waals surface area contributed by atoms with Crippen molar-refractivity contribution in [1.82, 2.24) is 15.1 Å². The van der Waals surface area contributed by atoms with Crippen LogP contribution in [0.15, 0.2) is 60.8 Å². The van der Waals surface area contributed by atoms with E-state index in [-0.39, 0.29) is 0 Å². The molecule has 0 spiro atoms. The summed E-state index contributed by atoms with van der Waals surface area (Å²) in [7, 11) is 0. The van der Waals surface area contributed by atoms with Crippen LogP contribution in [0.2, 0.25) is 0 Å². The number of hydrogen-bond donors (Lipinski definition) is 1. The molecule has 1 heterocycles. The van der Waals surface area contributed by atoms with E-state index in [4.69, 9.17) is 9.84 Å². The van der Waals surface area contributed by atoms with Crippen molar-refractivity contribution < 1.29 is 4.74 Å². The maximum Gasteiger partial charge on any atom is 0.0972 e. The summed E-state index contributed by atoms with van der Waals surface area (Å²) in [5.41, 5.74) is 5.78. The monoisotopic (exact) mass is 349 g/mol. The Morgan fingerprint density at radius 1 is 1.00 bits per heavy atom. The quantitative estimate of drug-likeness (QED) is 0.588. The van der Waals surface area contributed by atoms with Gasteiger partial charge in [-0.15, -0.1) is 0 Å². The number of ether oxygens (including phenoxy) is 1. The van der Waals surface area contributed by atoms with E-state index < -0.39 is 0 Å². The number of aryl methyl sites for hydroxylation is 1. The molecule has 4 nitrogen and oxygen atoms in total. The van der Waals surface area contributed by atoms with Gasteiger partial charge in [0.2, 0.25) is 0 Å². The minimum absolute atomic E-state index is 0.726. The Labute approximate surface area is 155 Å². The highest BCUT2D eigenvalue weighted by atomic mass is 16.5. The molecule has 0 amide bonds. The Bertz CT molecular complexity index is 794. The third-order valence-electron chi connectivity index (χ3n) is 4.39. The highest BCUT2D eigenvalue weighted by molar-refractivity contribution is 5.63. The summed E-state index contributed by atoms with van der Waals surface area (Å²) in [6.45, 7) is 7.27. The molecule has 0 aliphatic heterocycles. The highest BCUT2D eigenvalue weighted by Gasteiger charge is 2.12. The fourth-order valence-electron chi connectivity index (χ4n) is 2.91. The van der Waals surface area contributed by atoms with Crippen molar-refractivity contribution in [1.29, 1.82) is 0 Å². The van der Waals surface area contributed by atoms with Crippen LogP contribution in [-0.4, -0.2) is 29.5 Å². The van der Waals surface area contributed by atoms with Crippen LogP contribution in [0.3, 0.4) is 0 Å². The molecule has 0 bridgehead atoms. The minimum atomic E-state index is 0.726. The second-order valence-corrected chi connectivity index (χ2v) is 6.21. The van der Waals surface area contributed by atoms with E-state index in [0.29, 0.717) is 0 Å². The molecule has 2 aromatic carbocycles. The maximum atomic E-state index is 5.40. The number of nitrogens with one attached hydrogen (secondary N) is 1. The molecule has 3 aromatic rings. The molecular formula is C22H27N3O. The van der Waals surface area contributed by atoms with Gasteiger partial charge in [0.15, 0.2) is 0 Å². The minimum Gasteiger partial charge on any atom is -0.380 e. The summed E-state index contributed by atoms with van der Waals surface area (Å²) in [6, 6.07) is 18.9. The first-order valence-corrected chi connectivity index (χ1v) is 9.33. The summed E-state index contributed by atoms with van der Waals surface area (Å²) in [5, 5.41) is 8.32. The summed E-state index contributed by atoms with van der Waals surface area (Å²) in [5.74, 6) is 0. The Morgan fingerprint density at radius 2 is 1.77 bits per heavy atom. The zero-order valence-corrected chi connectivity index (χ0v) is 15.6. The number of benzene rings is 2. The summed E-state index contributed by atoms with van der Waals surface area (Å²) in [4.78, 5) is 0. The van der Waals surface area contributed by atoms with Crippen LogP contribution in [0.25, 0.3) is 16.9 Å². The van der Waals surface area contributed by atoms with E-state index in [1.165, 1.54) is 11.1 Å². The van der Waals surface area contributed by atoms with E-state index in [0.717, 1.165) is 49.7 Å². The van der Waals surface area contributed by atoms with Gasteiger partial charge in [0.1, 0.15) is 0 Å². The van der Waals surface area contributed by atoms with E-state index in [1.807, 2.05) is 29.8 Å². The van der Waals surface area contributed by atoms with Crippen molar-refractivity contribution >= 4 is 0 Å². The van der Waals surface area contributed by atoms with Gasteiger partial charge in [-0.1, -0.05) is 49.4 Å². The topological polar surface area (TPSA) is 39.1 Å². The molecule has 0 atom stereocenters. The van der Waals surface area contributed by atoms with E-state index in [9.17, 15) is 0 Å². The fourth-order valence-corrected chi connectivity index (χ4v) is 2.91. The molecular weight excluding hydrogens is 322 g/mol. The van der Waals surface area contributed by atoms with Crippen LogP contribution in [0.1, 0.15) is 25.0 Å². The van der Waals surface area contributed by atoms with Gasteiger partial charge in [-0.05, 0) is 31.0 Å². The lowest BCUT2D eigenvalue weighted by Crippen LogP contribution is -2.19. The predicted octanol–water partition coefficient (Wildman–Crippen LogP) is 4.23. The van der Waals surface area contributed by atoms with Crippen LogP contribution in [0, 0.1) is 0 Å². The fraction of sp³-hybridized carbons (Fsp3) is 0.318. The highest BCUT2D eigenvalue weighted by Crippen LogP contribution is 2.24. The molecule has 0 aliphatic carbocycles. The second-order valence-electron chi connectivity index (χ2n) is 6.21. The Balaban J connectivity index is 1.85. The van der Waals surface area contributed by atoms with Gasteiger partial charge < -0.3 is 10.1 Å². The van der Waals surface area contributed by atoms with Crippen molar-refractivity contribution in [3.63, 3.8) is 0 Å². The molecule has 1 N–H and O–H groups in total. The Morgan fingerprint density at radius 3 is 2.46 bits per heavy atom. The number of para-hydroxylation sites is 1. The van der Waals surface area contributed by atoms with Gasteiger partial charge in [-0.2, -0.15) is 5.10 Å². The molecule has 26 heavy (non-hydrogen) atoms. The SMILES string of the molecule is CCOCCNCc1cn(-c2ccccc2)nc1-c1ccc(CC)cc1. The first-order chi connectivity index (χ1) is 12.8. The smallest absolute Gasteiger partial charge is 0.0972 e. The number of aromatic nitrogens is 2. The standard InChI is InChI=1S/C22H27N3O/c1-3-18-10-12-19(13-11-18)22-20(16-23-14-15-26-4-2)17-25(24-22)21-8-6-5-7-9-21/h5-13,17,23H,3-4,14-16H2,1-2H3. The lowest BCUT2D eigenvalue weighted by atomic mass is 10.1. The molecule has 3 rings (SSSR count). The van der Waals surface area contributed by atoms with Crippen LogP contribution in [-0.2, 0) is 17.7 Å². The number of hydrogen-bond acceptors (Lipinski definition) is 3. The van der Waals surface area contributed by atoms with E-state index in [1.54, 1.807) is 0 Å². The Hall–Kier alpha value is -2.43. The zero-order chi connectivity index (χ0) is 18.2. The predicted molar refractivity (Wildman–Crippen MR) is 107 cm³/mol. The summed E-state index contributed by atoms with van der Waals surface area (Å²) < 4.78 is 7.36. The molecule has 136 valence electrons. The maximum absolute atomic E-state index is 5.40. The second kappa shape index (κ2) is 9.32. The van der Waals surface area contributed by atoms with Crippen molar-refractivity contribution in [2.45, 2.75) is 26.8 Å². The molecule has 0 unspecified atom stereocenters. The third kappa shape index (κ3) is 4.59. The third-order valence-corrected chi connectivity index (χ3v) is 4.39. The van der Waals surface area contributed by atoms with Gasteiger partial charge in [0.25, 0.3) is 0 Å². The lowest BCUT2D eigenvalue weighted by molar-refractivity contribution is 0.149. The normalized spacial score (nSPS) is 11.0. The summed E-state index contributed by atoms with van der Waals surface area (Å²) >= 11 is 0. The van der Waals surface area contributed by atoms with Gasteiger partial charge in [-0.25, -0.2) is 4.68 Å². The molecule has 0 saturated heterocycles. The van der Waals surface area contributed by atoms with Crippen LogP contribution < -0.4 is 5.32 Å². The molecule has 0 radical (unpaired) electrons. The first-order valence-electron chi connectivity index (χ1n) is 9.33. The lowest BCUT2D eigenvalue weighted by Gasteiger charge is -2.06. The van der Waals surface area contributed by atoms with Crippen molar-refractivity contribution in [3.05, 3.63) is 71.9 Å². The van der Waals surface area contributed by atoms with Crippen molar-refractivity contribution in [2.24, 2.45) is 0 Å². The number of rotatable bonds is 9. The number of nitrogens with zero attached hydrogens (tertiary/aromatic N) is 2. The van der Waals surface area contributed by atoms with Gasteiger partial charge in [0.05, 0.1) is 18.0 Å². The van der Waals surface area contributed by atoms with Crippen LogP contribution in [0.4, 0.5) is 0 Å². The van der Waals surface area contributed by atoms with Crippen LogP contribution >= 0.6 is 0 Å². The molecule has 0 aliphatic rings. The van der Waals surface area contributed by atoms with Crippen molar-refractivity contribution in [3.8, 4) is 16.9 Å². The van der Waals surface area contributed by atoms with Gasteiger partial charge >= 0.3 is 0 Å². The first kappa shape index (κ1) is 18.4. The van der Waals surface area contributed by atoms with E-state index in [2.05, 4.69) is 54.8 Å². The molecule has 0 saturated carbocycles. The van der Waals surface area contributed by atoms with Crippen LogP contribution in [0.5, 0.6) is 0 Å².